The second kappa shape index (κ2) is 4.92. The monoisotopic (exact) mass is 317 g/mol. The lowest BCUT2D eigenvalue weighted by molar-refractivity contribution is -0.200. The van der Waals surface area contributed by atoms with Crippen LogP contribution < -0.4 is 11.4 Å². The van der Waals surface area contributed by atoms with Crippen molar-refractivity contribution in [2.24, 2.45) is 0 Å². The van der Waals surface area contributed by atoms with Crippen molar-refractivity contribution in [3.8, 4) is 0 Å². The van der Waals surface area contributed by atoms with E-state index in [9.17, 15) is 9.90 Å². The van der Waals surface area contributed by atoms with Crippen LogP contribution in [-0.2, 0) is 14.2 Å². The summed E-state index contributed by atoms with van der Waals surface area (Å²) in [5, 5.41) is 9.55. The fourth-order valence-corrected chi connectivity index (χ4v) is 2.82. The molecule has 116 valence electrons. The van der Waals surface area contributed by atoms with E-state index in [1.165, 1.54) is 10.8 Å². The summed E-state index contributed by atoms with van der Waals surface area (Å²) in [5.41, 5.74) is 4.89. The number of aliphatic hydroxyl groups is 1. The molecule has 1 aromatic rings. The highest BCUT2D eigenvalue weighted by Gasteiger charge is 2.55. The molecule has 9 heteroatoms. The first kappa shape index (κ1) is 14.7. The summed E-state index contributed by atoms with van der Waals surface area (Å²) in [7, 11) is 0. The SMILES string of the molecule is CC1(C)OC2[C@@H](O1)[C@@H](CO)O[C@H]2n1cc(Cl)c(N)nc1=O. The van der Waals surface area contributed by atoms with Crippen molar-refractivity contribution in [3.05, 3.63) is 21.7 Å². The summed E-state index contributed by atoms with van der Waals surface area (Å²) in [6.45, 7) is 3.27. The van der Waals surface area contributed by atoms with E-state index in [0.29, 0.717) is 0 Å². The molecule has 3 N–H and O–H groups in total. The Hall–Kier alpha value is -1.19. The molecule has 0 aliphatic carbocycles. The third kappa shape index (κ3) is 2.43. The number of nitrogens with zero attached hydrogens (tertiary/aromatic N) is 2. The van der Waals surface area contributed by atoms with Crippen molar-refractivity contribution in [2.75, 3.05) is 12.3 Å². The quantitative estimate of drug-likeness (QED) is 0.783. The number of anilines is 1. The van der Waals surface area contributed by atoms with Crippen LogP contribution in [-0.4, -0.2) is 45.4 Å². The highest BCUT2D eigenvalue weighted by Crippen LogP contribution is 2.42. The highest BCUT2D eigenvalue weighted by molar-refractivity contribution is 6.32. The predicted molar refractivity (Wildman–Crippen MR) is 72.7 cm³/mol. The Morgan fingerprint density at radius 3 is 2.81 bits per heavy atom. The van der Waals surface area contributed by atoms with E-state index in [0.717, 1.165) is 0 Å². The van der Waals surface area contributed by atoms with Gasteiger partial charge in [-0.2, -0.15) is 4.98 Å². The van der Waals surface area contributed by atoms with Crippen LogP contribution >= 0.6 is 11.6 Å². The Bertz CT molecular complexity index is 619. The molecule has 2 fully saturated rings. The van der Waals surface area contributed by atoms with Gasteiger partial charge in [-0.05, 0) is 13.8 Å². The zero-order chi connectivity index (χ0) is 15.4. The summed E-state index contributed by atoms with van der Waals surface area (Å²) >= 11 is 5.91. The first-order valence-electron chi connectivity index (χ1n) is 6.48. The van der Waals surface area contributed by atoms with E-state index in [-0.39, 0.29) is 17.4 Å². The number of hydrogen-bond donors (Lipinski definition) is 2. The summed E-state index contributed by atoms with van der Waals surface area (Å²) in [6.07, 6.45) is -1.05. The second-order valence-corrected chi connectivity index (χ2v) is 5.88. The lowest BCUT2D eigenvalue weighted by Crippen LogP contribution is -2.35. The van der Waals surface area contributed by atoms with Gasteiger partial charge in [0.25, 0.3) is 0 Å². The van der Waals surface area contributed by atoms with Gasteiger partial charge < -0.3 is 25.1 Å². The van der Waals surface area contributed by atoms with Gasteiger partial charge in [0.2, 0.25) is 0 Å². The fraction of sp³-hybridized carbons (Fsp3) is 0.667. The maximum absolute atomic E-state index is 12.0. The van der Waals surface area contributed by atoms with Crippen molar-refractivity contribution in [2.45, 2.75) is 44.2 Å². The molecule has 0 amide bonds. The number of aromatic nitrogens is 2. The third-order valence-electron chi connectivity index (χ3n) is 3.51. The Morgan fingerprint density at radius 2 is 2.14 bits per heavy atom. The van der Waals surface area contributed by atoms with E-state index in [1.54, 1.807) is 13.8 Å². The molecule has 21 heavy (non-hydrogen) atoms. The van der Waals surface area contributed by atoms with Crippen molar-refractivity contribution in [3.63, 3.8) is 0 Å². The molecule has 0 saturated carbocycles. The summed E-state index contributed by atoms with van der Waals surface area (Å²) in [4.78, 5) is 15.6. The number of aliphatic hydroxyl groups excluding tert-OH is 1. The minimum Gasteiger partial charge on any atom is -0.394 e. The third-order valence-corrected chi connectivity index (χ3v) is 3.80. The molecular weight excluding hydrogens is 302 g/mol. The lowest BCUT2D eigenvalue weighted by Gasteiger charge is -2.24. The van der Waals surface area contributed by atoms with E-state index in [4.69, 9.17) is 31.5 Å². The topological polar surface area (TPSA) is 109 Å². The second-order valence-electron chi connectivity index (χ2n) is 5.48. The Morgan fingerprint density at radius 1 is 1.48 bits per heavy atom. The van der Waals surface area contributed by atoms with Crippen LogP contribution in [0.5, 0.6) is 0 Å². The van der Waals surface area contributed by atoms with E-state index in [2.05, 4.69) is 4.98 Å². The molecule has 2 saturated heterocycles. The van der Waals surface area contributed by atoms with Gasteiger partial charge in [-0.15, -0.1) is 0 Å². The lowest BCUT2D eigenvalue weighted by atomic mass is 10.1. The van der Waals surface area contributed by atoms with Crippen LogP contribution in [0.4, 0.5) is 5.82 Å². The molecule has 0 spiro atoms. The van der Waals surface area contributed by atoms with E-state index < -0.39 is 36.0 Å². The van der Waals surface area contributed by atoms with Crippen molar-refractivity contribution < 1.29 is 19.3 Å². The van der Waals surface area contributed by atoms with Gasteiger partial charge in [0.1, 0.15) is 24.1 Å². The molecule has 0 aromatic carbocycles. The number of fused-ring (bicyclic) bond motifs is 1. The molecule has 8 nitrogen and oxygen atoms in total. The number of halogens is 1. The summed E-state index contributed by atoms with van der Waals surface area (Å²) < 4.78 is 18.4. The van der Waals surface area contributed by atoms with Gasteiger partial charge in [0.05, 0.1) is 11.6 Å². The van der Waals surface area contributed by atoms with Crippen molar-refractivity contribution in [1.82, 2.24) is 9.55 Å². The average molecular weight is 318 g/mol. The molecular formula is C12H16ClN3O5. The predicted octanol–water partition coefficient (Wildman–Crippen LogP) is -0.111. The molecule has 1 unspecified atom stereocenters. The van der Waals surface area contributed by atoms with Crippen LogP contribution in [0.2, 0.25) is 5.02 Å². The van der Waals surface area contributed by atoms with Gasteiger partial charge >= 0.3 is 5.69 Å². The zero-order valence-corrected chi connectivity index (χ0v) is 12.3. The first-order chi connectivity index (χ1) is 9.82. The average Bonchev–Trinajstić information content (AvgIpc) is 2.87. The van der Waals surface area contributed by atoms with Gasteiger partial charge in [0, 0.05) is 6.20 Å². The van der Waals surface area contributed by atoms with E-state index >= 15 is 0 Å². The summed E-state index contributed by atoms with van der Waals surface area (Å²) in [5.74, 6) is -0.866. The van der Waals surface area contributed by atoms with Gasteiger partial charge in [0.15, 0.2) is 12.0 Å². The molecule has 3 rings (SSSR count). The van der Waals surface area contributed by atoms with Crippen LogP contribution in [0.25, 0.3) is 0 Å². The number of nitrogens with two attached hydrogens (primary N) is 1. The van der Waals surface area contributed by atoms with Gasteiger partial charge in [-0.3, -0.25) is 4.57 Å². The highest BCUT2D eigenvalue weighted by atomic mass is 35.5. The molecule has 0 radical (unpaired) electrons. The van der Waals surface area contributed by atoms with Crippen LogP contribution in [0, 0.1) is 0 Å². The zero-order valence-electron chi connectivity index (χ0n) is 11.5. The number of rotatable bonds is 2. The Balaban J connectivity index is 1.99. The molecule has 1 aromatic heterocycles. The molecule has 2 aliphatic heterocycles. The van der Waals surface area contributed by atoms with Crippen molar-refractivity contribution >= 4 is 17.4 Å². The summed E-state index contributed by atoms with van der Waals surface area (Å²) in [6, 6.07) is 0. The van der Waals surface area contributed by atoms with E-state index in [1.807, 2.05) is 0 Å². The Kier molecular flexibility index (Phi) is 3.45. The largest absolute Gasteiger partial charge is 0.394 e. The Labute approximate surface area is 125 Å². The molecule has 0 bridgehead atoms. The number of nitrogen functional groups attached to an aromatic ring is 1. The smallest absolute Gasteiger partial charge is 0.351 e. The maximum atomic E-state index is 12.0. The minimum absolute atomic E-state index is 0.0462. The van der Waals surface area contributed by atoms with Crippen LogP contribution in [0.1, 0.15) is 20.1 Å². The first-order valence-corrected chi connectivity index (χ1v) is 6.86. The molecule has 4 atom stereocenters. The van der Waals surface area contributed by atoms with Crippen LogP contribution in [0.15, 0.2) is 11.0 Å². The standard InChI is InChI=1S/C12H16ClN3O5/c1-12(2)20-7-6(4-17)19-10(8(7)21-12)16-3-5(13)9(14)15-11(16)18/h3,6-8,10,17H,4H2,1-2H3,(H2,14,15,18)/t6-,7+,8?,10-/m1/s1. The normalized spacial score (nSPS) is 34.1. The maximum Gasteiger partial charge on any atom is 0.351 e. The number of ether oxygens (including phenoxy) is 3. The van der Waals surface area contributed by atoms with Gasteiger partial charge in [-0.1, -0.05) is 11.6 Å². The molecule has 2 aliphatic rings. The number of hydrogen-bond acceptors (Lipinski definition) is 7. The fourth-order valence-electron chi connectivity index (χ4n) is 2.67. The molecule has 3 heterocycles. The van der Waals surface area contributed by atoms with Crippen LogP contribution in [0.3, 0.4) is 0 Å². The van der Waals surface area contributed by atoms with Crippen molar-refractivity contribution in [1.29, 1.82) is 0 Å². The minimum atomic E-state index is -0.820. The van der Waals surface area contributed by atoms with Gasteiger partial charge in [-0.25, -0.2) is 4.79 Å².